The first kappa shape index (κ1) is 21.5. The summed E-state index contributed by atoms with van der Waals surface area (Å²) in [5.41, 5.74) is 1.80. The molecule has 0 bridgehead atoms. The molecule has 0 aliphatic rings. The van der Waals surface area contributed by atoms with Crippen molar-refractivity contribution in [2.24, 2.45) is 4.99 Å². The molecule has 158 valence electrons. The fourth-order valence-corrected chi connectivity index (χ4v) is 3.68. The van der Waals surface area contributed by atoms with Crippen molar-refractivity contribution in [3.63, 3.8) is 0 Å². The van der Waals surface area contributed by atoms with Gasteiger partial charge in [0, 0.05) is 55.7 Å². The van der Waals surface area contributed by atoms with Crippen LogP contribution in [0.5, 0.6) is 0 Å². The summed E-state index contributed by atoms with van der Waals surface area (Å²) in [6.45, 7) is 3.69. The Morgan fingerprint density at radius 3 is 2.90 bits per heavy atom. The average Bonchev–Trinajstić information content (AvgIpc) is 3.42. The summed E-state index contributed by atoms with van der Waals surface area (Å²) in [5, 5.41) is 14.7. The Balaban J connectivity index is 1.44. The van der Waals surface area contributed by atoms with Crippen LogP contribution >= 0.6 is 11.3 Å². The number of thiazole rings is 1. The van der Waals surface area contributed by atoms with Crippen LogP contribution in [0.4, 0.5) is 5.69 Å². The highest BCUT2D eigenvalue weighted by atomic mass is 32.1. The van der Waals surface area contributed by atoms with E-state index in [1.54, 1.807) is 41.5 Å². The van der Waals surface area contributed by atoms with E-state index in [0.717, 1.165) is 41.6 Å². The molecule has 9 heteroatoms. The molecule has 0 saturated heterocycles. The van der Waals surface area contributed by atoms with Crippen LogP contribution in [0.2, 0.25) is 0 Å². The number of aryl methyl sites for hydroxylation is 1. The molecule has 30 heavy (non-hydrogen) atoms. The zero-order valence-electron chi connectivity index (χ0n) is 17.3. The summed E-state index contributed by atoms with van der Waals surface area (Å²) in [7, 11) is 1.75. The number of anilines is 1. The predicted octanol–water partition coefficient (Wildman–Crippen LogP) is 2.45. The zero-order valence-corrected chi connectivity index (χ0v) is 18.1. The first-order valence-electron chi connectivity index (χ1n) is 9.90. The topological polar surface area (TPSA) is 96.2 Å². The second-order valence-corrected chi connectivity index (χ2v) is 7.83. The number of carbonyl (C=O) groups excluding carboxylic acids is 1. The Morgan fingerprint density at radius 2 is 2.17 bits per heavy atom. The van der Waals surface area contributed by atoms with E-state index < -0.39 is 0 Å². The summed E-state index contributed by atoms with van der Waals surface area (Å²) < 4.78 is 1.59. The molecule has 0 fully saturated rings. The molecule has 3 rings (SSSR count). The lowest BCUT2D eigenvalue weighted by molar-refractivity contribution is -0.116. The van der Waals surface area contributed by atoms with Gasteiger partial charge in [-0.1, -0.05) is 19.1 Å². The molecular formula is C21H27N7OS. The van der Waals surface area contributed by atoms with Gasteiger partial charge in [0.1, 0.15) is 6.54 Å². The normalized spacial score (nSPS) is 11.3. The van der Waals surface area contributed by atoms with Gasteiger partial charge in [-0.2, -0.15) is 5.10 Å². The van der Waals surface area contributed by atoms with Gasteiger partial charge in [-0.3, -0.25) is 14.5 Å². The Kier molecular flexibility index (Phi) is 7.96. The number of nitrogens with one attached hydrogen (secondary N) is 3. The summed E-state index contributed by atoms with van der Waals surface area (Å²) >= 11 is 1.76. The summed E-state index contributed by atoms with van der Waals surface area (Å²) in [6, 6.07) is 9.54. The lowest BCUT2D eigenvalue weighted by atomic mass is 10.2. The summed E-state index contributed by atoms with van der Waals surface area (Å²) in [6.07, 6.45) is 7.25. The highest BCUT2D eigenvalue weighted by molar-refractivity contribution is 7.11. The molecule has 0 unspecified atom stereocenters. The molecule has 2 aromatic heterocycles. The molecular weight excluding hydrogens is 398 g/mol. The number of rotatable bonds is 9. The summed E-state index contributed by atoms with van der Waals surface area (Å²) in [5.74, 6) is 0.616. The van der Waals surface area contributed by atoms with Gasteiger partial charge in [0.2, 0.25) is 5.91 Å². The van der Waals surface area contributed by atoms with Crippen LogP contribution < -0.4 is 16.0 Å². The lowest BCUT2D eigenvalue weighted by Crippen LogP contribution is -2.37. The van der Waals surface area contributed by atoms with E-state index in [4.69, 9.17) is 0 Å². The molecule has 1 amide bonds. The minimum atomic E-state index is -0.116. The van der Waals surface area contributed by atoms with Crippen molar-refractivity contribution in [2.45, 2.75) is 32.9 Å². The third-order valence-electron chi connectivity index (χ3n) is 4.34. The van der Waals surface area contributed by atoms with Gasteiger partial charge in [-0.25, -0.2) is 4.98 Å². The lowest BCUT2D eigenvalue weighted by Gasteiger charge is -2.12. The molecule has 0 saturated carbocycles. The largest absolute Gasteiger partial charge is 0.356 e. The van der Waals surface area contributed by atoms with Crippen LogP contribution in [0, 0.1) is 0 Å². The van der Waals surface area contributed by atoms with Crippen molar-refractivity contribution in [1.82, 2.24) is 25.4 Å². The van der Waals surface area contributed by atoms with Gasteiger partial charge < -0.3 is 16.0 Å². The van der Waals surface area contributed by atoms with Crippen molar-refractivity contribution >= 4 is 28.9 Å². The van der Waals surface area contributed by atoms with Gasteiger partial charge in [-0.15, -0.1) is 11.3 Å². The van der Waals surface area contributed by atoms with Crippen LogP contribution in [-0.2, 0) is 30.7 Å². The maximum Gasteiger partial charge on any atom is 0.246 e. The van der Waals surface area contributed by atoms with E-state index in [-0.39, 0.29) is 12.5 Å². The molecule has 0 spiro atoms. The number of hydrogen-bond acceptors (Lipinski definition) is 5. The number of benzene rings is 1. The van der Waals surface area contributed by atoms with Crippen LogP contribution in [-0.4, -0.2) is 40.2 Å². The molecule has 0 atom stereocenters. The first-order chi connectivity index (χ1) is 14.7. The molecule has 0 aliphatic heterocycles. The number of aliphatic imine (C=N–C) groups is 1. The molecule has 3 N–H and O–H groups in total. The van der Waals surface area contributed by atoms with E-state index in [9.17, 15) is 4.79 Å². The minimum Gasteiger partial charge on any atom is -0.356 e. The molecule has 0 aliphatic carbocycles. The Bertz CT molecular complexity index is 965. The van der Waals surface area contributed by atoms with Crippen molar-refractivity contribution < 1.29 is 4.79 Å². The predicted molar refractivity (Wildman–Crippen MR) is 121 cm³/mol. The molecule has 3 aromatic rings. The van der Waals surface area contributed by atoms with Crippen LogP contribution in [0.25, 0.3) is 0 Å². The number of aromatic nitrogens is 3. The van der Waals surface area contributed by atoms with E-state index >= 15 is 0 Å². The highest BCUT2D eigenvalue weighted by Crippen LogP contribution is 2.13. The van der Waals surface area contributed by atoms with Gasteiger partial charge in [-0.05, 0) is 30.2 Å². The van der Waals surface area contributed by atoms with Gasteiger partial charge in [0.15, 0.2) is 5.96 Å². The van der Waals surface area contributed by atoms with Crippen molar-refractivity contribution in [2.75, 3.05) is 18.9 Å². The van der Waals surface area contributed by atoms with Crippen molar-refractivity contribution in [1.29, 1.82) is 0 Å². The number of hydrogen-bond donors (Lipinski definition) is 3. The Labute approximate surface area is 180 Å². The second-order valence-electron chi connectivity index (χ2n) is 6.63. The fourth-order valence-electron chi connectivity index (χ4n) is 2.82. The molecule has 0 radical (unpaired) electrons. The number of nitrogens with zero attached hydrogens (tertiary/aromatic N) is 4. The van der Waals surface area contributed by atoms with Gasteiger partial charge >= 0.3 is 0 Å². The van der Waals surface area contributed by atoms with E-state index in [0.29, 0.717) is 6.54 Å². The fraction of sp³-hybridized carbons (Fsp3) is 0.333. The smallest absolute Gasteiger partial charge is 0.246 e. The van der Waals surface area contributed by atoms with Gasteiger partial charge in [0.25, 0.3) is 0 Å². The van der Waals surface area contributed by atoms with Crippen LogP contribution in [0.3, 0.4) is 0 Å². The monoisotopic (exact) mass is 425 g/mol. The zero-order chi connectivity index (χ0) is 21.2. The number of amides is 1. The first-order valence-corrected chi connectivity index (χ1v) is 10.7. The molecule has 1 aromatic carbocycles. The van der Waals surface area contributed by atoms with Crippen molar-refractivity contribution in [3.8, 4) is 0 Å². The summed E-state index contributed by atoms with van der Waals surface area (Å²) in [4.78, 5) is 22.2. The number of guanidine groups is 1. The van der Waals surface area contributed by atoms with Crippen molar-refractivity contribution in [3.05, 3.63) is 64.4 Å². The quantitative estimate of drug-likeness (QED) is 0.361. The SMILES string of the molecule is CCc1cnc(CCNC(=NC)NCc2cccc(NC(=O)Cn3cccn3)c2)s1. The highest BCUT2D eigenvalue weighted by Gasteiger charge is 2.06. The van der Waals surface area contributed by atoms with Gasteiger partial charge in [0.05, 0.1) is 5.01 Å². The molecule has 8 nitrogen and oxygen atoms in total. The third kappa shape index (κ3) is 6.70. The number of carbonyl (C=O) groups is 1. The maximum atomic E-state index is 12.1. The maximum absolute atomic E-state index is 12.1. The Morgan fingerprint density at radius 1 is 1.27 bits per heavy atom. The third-order valence-corrected chi connectivity index (χ3v) is 5.54. The van der Waals surface area contributed by atoms with Crippen LogP contribution in [0.15, 0.2) is 53.9 Å². The average molecular weight is 426 g/mol. The second kappa shape index (κ2) is 11.1. The Hall–Kier alpha value is -3.20. The van der Waals surface area contributed by atoms with E-state index in [1.807, 2.05) is 30.5 Å². The van der Waals surface area contributed by atoms with E-state index in [1.165, 1.54) is 4.88 Å². The van der Waals surface area contributed by atoms with Crippen LogP contribution in [0.1, 0.15) is 22.4 Å². The minimum absolute atomic E-state index is 0.116. The van der Waals surface area contributed by atoms with E-state index in [2.05, 4.69) is 37.9 Å². The molecule has 2 heterocycles. The standard InChI is InChI=1S/C21H27N7OS/c1-3-18-14-24-20(30-18)8-10-23-21(22-2)25-13-16-6-4-7-17(12-16)27-19(29)15-28-11-5-9-26-28/h4-7,9,11-12,14H,3,8,10,13,15H2,1-2H3,(H,27,29)(H2,22,23,25).